The lowest BCUT2D eigenvalue weighted by atomic mass is 10.0. The van der Waals surface area contributed by atoms with Crippen molar-refractivity contribution in [2.24, 2.45) is 0 Å². The molecule has 0 aliphatic carbocycles. The van der Waals surface area contributed by atoms with E-state index in [4.69, 9.17) is 4.98 Å². The van der Waals surface area contributed by atoms with Gasteiger partial charge in [0.15, 0.2) is 0 Å². The summed E-state index contributed by atoms with van der Waals surface area (Å²) in [6.45, 7) is 0. The number of amides is 1. The van der Waals surface area contributed by atoms with Gasteiger partial charge in [0.2, 0.25) is 5.95 Å². The van der Waals surface area contributed by atoms with Crippen molar-refractivity contribution in [3.05, 3.63) is 83.1 Å². The molecule has 0 aliphatic rings. The van der Waals surface area contributed by atoms with E-state index in [0.29, 0.717) is 5.56 Å². The summed E-state index contributed by atoms with van der Waals surface area (Å²) in [5.41, 5.74) is 2.95. The Labute approximate surface area is 158 Å². The predicted octanol–water partition coefficient (Wildman–Crippen LogP) is 4.71. The number of nitrogens with zero attached hydrogens (tertiary/aromatic N) is 3. The van der Waals surface area contributed by atoms with E-state index in [1.807, 2.05) is 48.5 Å². The first kappa shape index (κ1) is 16.4. The van der Waals surface area contributed by atoms with Crippen molar-refractivity contribution in [1.82, 2.24) is 15.0 Å². The average molecular weight is 405 g/mol. The number of rotatable bonds is 3. The highest BCUT2D eigenvalue weighted by molar-refractivity contribution is 9.10. The SMILES string of the molecule is O=C(Nc1ncccn1)c1cc(-c2ccc(Br)cc2)nc2ccccc12. The molecule has 2 aromatic carbocycles. The lowest BCUT2D eigenvalue weighted by molar-refractivity contribution is 0.102. The quantitative estimate of drug-likeness (QED) is 0.536. The molecule has 4 aromatic rings. The van der Waals surface area contributed by atoms with Gasteiger partial charge in [0.1, 0.15) is 0 Å². The molecule has 0 saturated carbocycles. The number of benzene rings is 2. The molecule has 6 heteroatoms. The number of halogens is 1. The molecule has 0 bridgehead atoms. The predicted molar refractivity (Wildman–Crippen MR) is 105 cm³/mol. The zero-order chi connectivity index (χ0) is 17.9. The Morgan fingerprint density at radius 2 is 1.65 bits per heavy atom. The number of carbonyl (C=O) groups is 1. The molecule has 126 valence electrons. The summed E-state index contributed by atoms with van der Waals surface area (Å²) in [5.74, 6) is -0.00301. The van der Waals surface area contributed by atoms with Gasteiger partial charge in [-0.1, -0.05) is 46.3 Å². The molecule has 0 radical (unpaired) electrons. The molecule has 0 saturated heterocycles. The second kappa shape index (κ2) is 7.01. The van der Waals surface area contributed by atoms with Gasteiger partial charge in [-0.15, -0.1) is 0 Å². The van der Waals surface area contributed by atoms with Crippen LogP contribution in [0.2, 0.25) is 0 Å². The van der Waals surface area contributed by atoms with Crippen molar-refractivity contribution in [1.29, 1.82) is 0 Å². The Morgan fingerprint density at radius 1 is 0.923 bits per heavy atom. The highest BCUT2D eigenvalue weighted by Gasteiger charge is 2.15. The molecule has 26 heavy (non-hydrogen) atoms. The van der Waals surface area contributed by atoms with Gasteiger partial charge < -0.3 is 0 Å². The maximum atomic E-state index is 12.8. The van der Waals surface area contributed by atoms with Crippen LogP contribution in [-0.2, 0) is 0 Å². The minimum Gasteiger partial charge on any atom is -0.290 e. The fourth-order valence-corrected chi connectivity index (χ4v) is 2.93. The van der Waals surface area contributed by atoms with Crippen LogP contribution in [0.1, 0.15) is 10.4 Å². The Balaban J connectivity index is 1.82. The number of anilines is 1. The molecule has 1 amide bonds. The lowest BCUT2D eigenvalue weighted by Crippen LogP contribution is -2.15. The number of hydrogen-bond acceptors (Lipinski definition) is 4. The van der Waals surface area contributed by atoms with Crippen LogP contribution in [0.15, 0.2) is 77.5 Å². The zero-order valence-electron chi connectivity index (χ0n) is 13.6. The largest absolute Gasteiger partial charge is 0.290 e. The molecule has 4 rings (SSSR count). The van der Waals surface area contributed by atoms with Crippen molar-refractivity contribution in [3.63, 3.8) is 0 Å². The van der Waals surface area contributed by atoms with Crippen LogP contribution >= 0.6 is 15.9 Å². The summed E-state index contributed by atoms with van der Waals surface area (Å²) in [4.78, 5) is 25.6. The summed E-state index contributed by atoms with van der Waals surface area (Å²) < 4.78 is 0.987. The van der Waals surface area contributed by atoms with E-state index < -0.39 is 0 Å². The molecule has 2 aromatic heterocycles. The number of fused-ring (bicyclic) bond motifs is 1. The summed E-state index contributed by atoms with van der Waals surface area (Å²) in [6, 6.07) is 18.9. The number of para-hydroxylation sites is 1. The molecule has 0 spiro atoms. The second-order valence-corrected chi connectivity index (χ2v) is 6.52. The highest BCUT2D eigenvalue weighted by Crippen LogP contribution is 2.26. The van der Waals surface area contributed by atoms with Crippen LogP contribution < -0.4 is 5.32 Å². The fourth-order valence-electron chi connectivity index (χ4n) is 2.66. The molecular formula is C20H13BrN4O. The van der Waals surface area contributed by atoms with E-state index in [1.54, 1.807) is 24.5 Å². The van der Waals surface area contributed by atoms with Crippen LogP contribution in [0, 0.1) is 0 Å². The third-order valence-corrected chi connectivity index (χ3v) is 4.42. The van der Waals surface area contributed by atoms with Gasteiger partial charge in [-0.25, -0.2) is 15.0 Å². The number of pyridine rings is 1. The first-order valence-corrected chi connectivity index (χ1v) is 8.74. The third kappa shape index (κ3) is 3.32. The van der Waals surface area contributed by atoms with Crippen molar-refractivity contribution >= 4 is 38.7 Å². The topological polar surface area (TPSA) is 67.8 Å². The average Bonchev–Trinajstić information content (AvgIpc) is 2.68. The van der Waals surface area contributed by atoms with Gasteiger partial charge >= 0.3 is 0 Å². The van der Waals surface area contributed by atoms with Crippen molar-refractivity contribution in [2.75, 3.05) is 5.32 Å². The Hall–Kier alpha value is -3.12. The lowest BCUT2D eigenvalue weighted by Gasteiger charge is -2.10. The summed E-state index contributed by atoms with van der Waals surface area (Å²) in [6.07, 6.45) is 3.17. The van der Waals surface area contributed by atoms with Gasteiger partial charge in [-0.3, -0.25) is 10.1 Å². The van der Waals surface area contributed by atoms with Crippen LogP contribution in [0.25, 0.3) is 22.2 Å². The van der Waals surface area contributed by atoms with E-state index in [0.717, 1.165) is 26.6 Å². The van der Waals surface area contributed by atoms with Crippen molar-refractivity contribution in [2.45, 2.75) is 0 Å². The third-order valence-electron chi connectivity index (χ3n) is 3.89. The molecule has 1 N–H and O–H groups in total. The zero-order valence-corrected chi connectivity index (χ0v) is 15.1. The van der Waals surface area contributed by atoms with Gasteiger partial charge in [0.25, 0.3) is 5.91 Å². The van der Waals surface area contributed by atoms with Crippen LogP contribution in [0.5, 0.6) is 0 Å². The molecular weight excluding hydrogens is 392 g/mol. The maximum absolute atomic E-state index is 12.8. The van der Waals surface area contributed by atoms with E-state index in [9.17, 15) is 4.79 Å². The van der Waals surface area contributed by atoms with E-state index in [-0.39, 0.29) is 11.9 Å². The Bertz CT molecular complexity index is 1080. The monoisotopic (exact) mass is 404 g/mol. The number of carbonyl (C=O) groups excluding carboxylic acids is 1. The molecule has 2 heterocycles. The van der Waals surface area contributed by atoms with E-state index >= 15 is 0 Å². The van der Waals surface area contributed by atoms with E-state index in [1.165, 1.54) is 0 Å². The number of hydrogen-bond donors (Lipinski definition) is 1. The molecule has 0 unspecified atom stereocenters. The minimum absolute atomic E-state index is 0.267. The number of nitrogens with one attached hydrogen (secondary N) is 1. The fraction of sp³-hybridized carbons (Fsp3) is 0. The minimum atomic E-state index is -0.270. The van der Waals surface area contributed by atoms with Crippen LogP contribution in [-0.4, -0.2) is 20.9 Å². The first-order valence-electron chi connectivity index (χ1n) is 7.95. The van der Waals surface area contributed by atoms with Gasteiger partial charge in [-0.05, 0) is 30.3 Å². The molecule has 0 atom stereocenters. The standard InChI is InChI=1S/C20H13BrN4O/c21-14-8-6-13(7-9-14)18-12-16(15-4-1-2-5-17(15)24-18)19(26)25-20-22-10-3-11-23-20/h1-12H,(H,22,23,25,26). The number of aromatic nitrogens is 3. The van der Waals surface area contributed by atoms with Crippen LogP contribution in [0.4, 0.5) is 5.95 Å². The summed E-state index contributed by atoms with van der Waals surface area (Å²) in [5, 5.41) is 3.52. The second-order valence-electron chi connectivity index (χ2n) is 5.61. The molecule has 5 nitrogen and oxygen atoms in total. The Morgan fingerprint density at radius 3 is 2.42 bits per heavy atom. The smallest absolute Gasteiger partial charge is 0.258 e. The van der Waals surface area contributed by atoms with Gasteiger partial charge in [0.05, 0.1) is 16.8 Å². The van der Waals surface area contributed by atoms with Crippen LogP contribution in [0.3, 0.4) is 0 Å². The van der Waals surface area contributed by atoms with Crippen molar-refractivity contribution < 1.29 is 4.79 Å². The highest BCUT2D eigenvalue weighted by atomic mass is 79.9. The van der Waals surface area contributed by atoms with Gasteiger partial charge in [-0.2, -0.15) is 0 Å². The maximum Gasteiger partial charge on any atom is 0.258 e. The molecule has 0 fully saturated rings. The Kier molecular flexibility index (Phi) is 4.41. The summed E-state index contributed by atoms with van der Waals surface area (Å²) in [7, 11) is 0. The molecule has 0 aliphatic heterocycles. The van der Waals surface area contributed by atoms with E-state index in [2.05, 4.69) is 31.2 Å². The first-order chi connectivity index (χ1) is 12.7. The summed E-state index contributed by atoms with van der Waals surface area (Å²) >= 11 is 3.43. The van der Waals surface area contributed by atoms with Crippen molar-refractivity contribution in [3.8, 4) is 11.3 Å². The normalized spacial score (nSPS) is 10.7. The van der Waals surface area contributed by atoms with Gasteiger partial charge in [0, 0.05) is 27.8 Å².